The first-order valence-electron chi connectivity index (χ1n) is 5.73. The van der Waals surface area contributed by atoms with Gasteiger partial charge in [-0.3, -0.25) is 4.79 Å². The SMILES string of the molecule is COc1ccccc1Oc1ccc(F)cc1C(C)=O. The lowest BCUT2D eigenvalue weighted by Gasteiger charge is -2.12. The van der Waals surface area contributed by atoms with Crippen LogP contribution >= 0.6 is 0 Å². The first-order valence-corrected chi connectivity index (χ1v) is 5.73. The minimum atomic E-state index is -0.474. The Balaban J connectivity index is 2.41. The van der Waals surface area contributed by atoms with Crippen molar-refractivity contribution >= 4 is 5.78 Å². The average Bonchev–Trinajstić information content (AvgIpc) is 2.41. The Labute approximate surface area is 110 Å². The van der Waals surface area contributed by atoms with E-state index >= 15 is 0 Å². The summed E-state index contributed by atoms with van der Waals surface area (Å²) in [6.07, 6.45) is 0. The summed E-state index contributed by atoms with van der Waals surface area (Å²) in [7, 11) is 1.53. The fraction of sp³-hybridized carbons (Fsp3) is 0.133. The zero-order valence-corrected chi connectivity index (χ0v) is 10.6. The van der Waals surface area contributed by atoms with E-state index in [1.54, 1.807) is 18.2 Å². The maximum absolute atomic E-state index is 13.2. The van der Waals surface area contributed by atoms with Gasteiger partial charge in [0.1, 0.15) is 11.6 Å². The monoisotopic (exact) mass is 260 g/mol. The Hall–Kier alpha value is -2.36. The van der Waals surface area contributed by atoms with Gasteiger partial charge >= 0.3 is 0 Å². The Morgan fingerprint density at radius 1 is 1.05 bits per heavy atom. The van der Waals surface area contributed by atoms with Gasteiger partial charge in [-0.15, -0.1) is 0 Å². The molecule has 3 nitrogen and oxygen atoms in total. The van der Waals surface area contributed by atoms with E-state index in [1.165, 1.54) is 26.2 Å². The van der Waals surface area contributed by atoms with Crippen molar-refractivity contribution in [1.29, 1.82) is 0 Å². The molecule has 0 aromatic heterocycles. The molecule has 0 atom stereocenters. The van der Waals surface area contributed by atoms with Crippen LogP contribution in [0.2, 0.25) is 0 Å². The molecule has 0 aliphatic carbocycles. The van der Waals surface area contributed by atoms with Crippen molar-refractivity contribution < 1.29 is 18.7 Å². The van der Waals surface area contributed by atoms with E-state index in [0.717, 1.165) is 6.07 Å². The summed E-state index contributed by atoms with van der Waals surface area (Å²) in [4.78, 5) is 11.5. The summed E-state index contributed by atoms with van der Waals surface area (Å²) in [5, 5.41) is 0. The van der Waals surface area contributed by atoms with Gasteiger partial charge in [0.2, 0.25) is 0 Å². The number of halogens is 1. The van der Waals surface area contributed by atoms with E-state index in [-0.39, 0.29) is 11.3 Å². The van der Waals surface area contributed by atoms with Crippen LogP contribution < -0.4 is 9.47 Å². The summed E-state index contributed by atoms with van der Waals surface area (Å²) in [5.74, 6) is 0.584. The zero-order valence-electron chi connectivity index (χ0n) is 10.6. The number of carbonyl (C=O) groups excluding carboxylic acids is 1. The predicted octanol–water partition coefficient (Wildman–Crippen LogP) is 3.83. The van der Waals surface area contributed by atoms with E-state index in [9.17, 15) is 9.18 Å². The number of Topliss-reactive ketones (excluding diaryl/α,β-unsaturated/α-hetero) is 1. The largest absolute Gasteiger partial charge is 0.493 e. The molecule has 2 aromatic carbocycles. The van der Waals surface area contributed by atoms with Gasteiger partial charge in [0.15, 0.2) is 17.3 Å². The summed E-state index contributed by atoms with van der Waals surface area (Å²) < 4.78 is 24.0. The second kappa shape index (κ2) is 5.52. The zero-order chi connectivity index (χ0) is 13.8. The van der Waals surface area contributed by atoms with Gasteiger partial charge in [-0.2, -0.15) is 0 Å². The van der Waals surface area contributed by atoms with Gasteiger partial charge in [0, 0.05) is 0 Å². The van der Waals surface area contributed by atoms with E-state index in [0.29, 0.717) is 17.2 Å². The average molecular weight is 260 g/mol. The summed E-state index contributed by atoms with van der Waals surface area (Å²) >= 11 is 0. The molecule has 19 heavy (non-hydrogen) atoms. The number of rotatable bonds is 4. The van der Waals surface area contributed by atoms with Crippen molar-refractivity contribution in [2.45, 2.75) is 6.92 Å². The maximum Gasteiger partial charge on any atom is 0.169 e. The Morgan fingerprint density at radius 2 is 1.74 bits per heavy atom. The van der Waals surface area contributed by atoms with Crippen LogP contribution in [0.3, 0.4) is 0 Å². The maximum atomic E-state index is 13.2. The highest BCUT2D eigenvalue weighted by Gasteiger charge is 2.12. The molecule has 0 unspecified atom stereocenters. The topological polar surface area (TPSA) is 35.5 Å². The minimum Gasteiger partial charge on any atom is -0.493 e. The molecule has 0 saturated carbocycles. The molecule has 0 fully saturated rings. The van der Waals surface area contributed by atoms with Gasteiger partial charge in [-0.05, 0) is 37.3 Å². The third kappa shape index (κ3) is 2.91. The molecule has 0 aliphatic heterocycles. The summed E-state index contributed by atoms with van der Waals surface area (Å²) in [5.41, 5.74) is 0.200. The normalized spacial score (nSPS) is 10.1. The quantitative estimate of drug-likeness (QED) is 0.784. The molecule has 0 aliphatic rings. The highest BCUT2D eigenvalue weighted by atomic mass is 19.1. The molecule has 0 spiro atoms. The number of hydrogen-bond acceptors (Lipinski definition) is 3. The molecule has 0 heterocycles. The van der Waals surface area contributed by atoms with Crippen LogP contribution in [0, 0.1) is 5.82 Å². The molecular weight excluding hydrogens is 247 g/mol. The van der Waals surface area contributed by atoms with Crippen molar-refractivity contribution in [2.75, 3.05) is 7.11 Å². The number of methoxy groups -OCH3 is 1. The van der Waals surface area contributed by atoms with Gasteiger partial charge in [0.05, 0.1) is 12.7 Å². The summed E-state index contributed by atoms with van der Waals surface area (Å²) in [6, 6.07) is 10.9. The lowest BCUT2D eigenvalue weighted by atomic mass is 10.1. The third-order valence-corrected chi connectivity index (χ3v) is 2.61. The highest BCUT2D eigenvalue weighted by molar-refractivity contribution is 5.96. The molecule has 0 radical (unpaired) electrons. The van der Waals surface area contributed by atoms with Crippen LogP contribution in [-0.4, -0.2) is 12.9 Å². The second-order valence-electron chi connectivity index (χ2n) is 3.95. The lowest BCUT2D eigenvalue weighted by molar-refractivity contribution is 0.101. The fourth-order valence-electron chi connectivity index (χ4n) is 1.69. The standard InChI is InChI=1S/C15H13FO3/c1-10(17)12-9-11(16)7-8-13(12)19-15-6-4-3-5-14(15)18-2/h3-9H,1-2H3. The molecular formula is C15H13FO3. The van der Waals surface area contributed by atoms with E-state index in [2.05, 4.69) is 0 Å². The number of para-hydroxylation sites is 2. The van der Waals surface area contributed by atoms with Gasteiger partial charge < -0.3 is 9.47 Å². The van der Waals surface area contributed by atoms with Crippen molar-refractivity contribution in [3.05, 3.63) is 53.8 Å². The molecule has 2 aromatic rings. The van der Waals surface area contributed by atoms with Crippen LogP contribution in [0.5, 0.6) is 17.2 Å². The highest BCUT2D eigenvalue weighted by Crippen LogP contribution is 2.33. The Kier molecular flexibility index (Phi) is 3.80. The molecule has 98 valence electrons. The van der Waals surface area contributed by atoms with Gasteiger partial charge in [-0.1, -0.05) is 12.1 Å². The second-order valence-corrected chi connectivity index (χ2v) is 3.95. The van der Waals surface area contributed by atoms with Crippen molar-refractivity contribution in [3.63, 3.8) is 0 Å². The van der Waals surface area contributed by atoms with E-state index < -0.39 is 5.82 Å². The molecule has 0 saturated heterocycles. The minimum absolute atomic E-state index is 0.200. The van der Waals surface area contributed by atoms with Crippen LogP contribution in [0.4, 0.5) is 4.39 Å². The van der Waals surface area contributed by atoms with E-state index in [1.807, 2.05) is 6.07 Å². The number of hydrogen-bond donors (Lipinski definition) is 0. The lowest BCUT2D eigenvalue weighted by Crippen LogP contribution is -1.99. The van der Waals surface area contributed by atoms with E-state index in [4.69, 9.17) is 9.47 Å². The summed E-state index contributed by atoms with van der Waals surface area (Å²) in [6.45, 7) is 1.36. The van der Waals surface area contributed by atoms with Gasteiger partial charge in [-0.25, -0.2) is 4.39 Å². The van der Waals surface area contributed by atoms with Crippen LogP contribution in [0.1, 0.15) is 17.3 Å². The molecule has 2 rings (SSSR count). The van der Waals surface area contributed by atoms with Crippen LogP contribution in [-0.2, 0) is 0 Å². The third-order valence-electron chi connectivity index (χ3n) is 2.61. The number of benzene rings is 2. The predicted molar refractivity (Wildman–Crippen MR) is 69.5 cm³/mol. The molecule has 0 amide bonds. The first-order chi connectivity index (χ1) is 9.11. The molecule has 0 bridgehead atoms. The van der Waals surface area contributed by atoms with Gasteiger partial charge in [0.25, 0.3) is 0 Å². The molecule has 0 N–H and O–H groups in total. The van der Waals surface area contributed by atoms with Crippen molar-refractivity contribution in [1.82, 2.24) is 0 Å². The van der Waals surface area contributed by atoms with Crippen LogP contribution in [0.15, 0.2) is 42.5 Å². The Morgan fingerprint density at radius 3 is 2.37 bits per heavy atom. The number of ketones is 1. The fourth-order valence-corrected chi connectivity index (χ4v) is 1.69. The molecule has 4 heteroatoms. The van der Waals surface area contributed by atoms with Crippen molar-refractivity contribution in [2.24, 2.45) is 0 Å². The Bertz CT molecular complexity index is 608. The number of ether oxygens (including phenoxy) is 2. The number of carbonyl (C=O) groups is 1. The van der Waals surface area contributed by atoms with Crippen LogP contribution in [0.25, 0.3) is 0 Å². The first kappa shape index (κ1) is 13.1. The van der Waals surface area contributed by atoms with Crippen molar-refractivity contribution in [3.8, 4) is 17.2 Å². The smallest absolute Gasteiger partial charge is 0.169 e.